The number of nitrogens with two attached hydrogens (primary N) is 1. The van der Waals surface area contributed by atoms with E-state index < -0.39 is 0 Å². The largest absolute Gasteiger partial charge is 0.496 e. The molecule has 0 aliphatic carbocycles. The van der Waals surface area contributed by atoms with E-state index in [4.69, 9.17) is 15.3 Å². The van der Waals surface area contributed by atoms with Gasteiger partial charge in [0.1, 0.15) is 11.6 Å². The molecule has 1 aliphatic rings. The second-order valence-corrected chi connectivity index (χ2v) is 4.80. The van der Waals surface area contributed by atoms with E-state index in [0.29, 0.717) is 5.75 Å². The number of methoxy groups -OCH3 is 1. The molecule has 1 aromatic carbocycles. The Balaban J connectivity index is 2.33. The van der Waals surface area contributed by atoms with Gasteiger partial charge in [-0.15, -0.1) is 0 Å². The van der Waals surface area contributed by atoms with E-state index in [1.54, 1.807) is 13.2 Å². The van der Waals surface area contributed by atoms with Crippen LogP contribution in [-0.4, -0.2) is 19.8 Å². The minimum absolute atomic E-state index is 0.147. The highest BCUT2D eigenvalue weighted by Gasteiger charge is 2.35. The molecule has 2 rings (SSSR count). The highest BCUT2D eigenvalue weighted by molar-refractivity contribution is 5.37. The Labute approximate surface area is 113 Å². The van der Waals surface area contributed by atoms with Crippen molar-refractivity contribution in [1.82, 2.24) is 5.43 Å². The number of hydrogen-bond acceptors (Lipinski definition) is 4. The molecule has 3 N–H and O–H groups in total. The number of halogens is 1. The first-order chi connectivity index (χ1) is 9.21. The molecule has 0 bridgehead atoms. The number of hydrogen-bond donors (Lipinski definition) is 2. The molecule has 3 unspecified atom stereocenters. The van der Waals surface area contributed by atoms with E-state index in [0.717, 1.165) is 25.0 Å². The molecule has 4 nitrogen and oxygen atoms in total. The minimum Gasteiger partial charge on any atom is -0.496 e. The third-order valence-electron chi connectivity index (χ3n) is 3.80. The maximum atomic E-state index is 13.5. The van der Waals surface area contributed by atoms with E-state index in [9.17, 15) is 4.39 Å². The summed E-state index contributed by atoms with van der Waals surface area (Å²) in [5.41, 5.74) is 3.55. The Bertz CT molecular complexity index is 428. The van der Waals surface area contributed by atoms with Gasteiger partial charge in [0.15, 0.2) is 0 Å². The molecule has 106 valence electrons. The van der Waals surface area contributed by atoms with Gasteiger partial charge in [-0.2, -0.15) is 0 Å². The summed E-state index contributed by atoms with van der Waals surface area (Å²) in [5.74, 6) is 6.27. The van der Waals surface area contributed by atoms with Crippen molar-refractivity contribution in [2.45, 2.75) is 31.9 Å². The van der Waals surface area contributed by atoms with E-state index in [2.05, 4.69) is 12.3 Å². The second-order valence-electron chi connectivity index (χ2n) is 4.80. The highest BCUT2D eigenvalue weighted by Crippen LogP contribution is 2.38. The summed E-state index contributed by atoms with van der Waals surface area (Å²) in [7, 11) is 1.58. The smallest absolute Gasteiger partial charge is 0.123 e. The van der Waals surface area contributed by atoms with Crippen LogP contribution in [-0.2, 0) is 4.74 Å². The van der Waals surface area contributed by atoms with Gasteiger partial charge in [-0.05, 0) is 31.0 Å². The lowest BCUT2D eigenvalue weighted by atomic mass is 9.86. The molecule has 0 spiro atoms. The first-order valence-electron chi connectivity index (χ1n) is 6.62. The Morgan fingerprint density at radius 1 is 1.58 bits per heavy atom. The SMILES string of the molecule is CCC1OCCC1C(NN)c1cc(F)ccc1OC. The van der Waals surface area contributed by atoms with Crippen LogP contribution in [0.3, 0.4) is 0 Å². The van der Waals surface area contributed by atoms with E-state index >= 15 is 0 Å². The summed E-state index contributed by atoms with van der Waals surface area (Å²) in [5, 5.41) is 0. The number of hydrazine groups is 1. The van der Waals surface area contributed by atoms with Crippen molar-refractivity contribution in [3.8, 4) is 5.75 Å². The van der Waals surface area contributed by atoms with Gasteiger partial charge in [-0.1, -0.05) is 6.92 Å². The van der Waals surface area contributed by atoms with Crippen molar-refractivity contribution < 1.29 is 13.9 Å². The highest BCUT2D eigenvalue weighted by atomic mass is 19.1. The van der Waals surface area contributed by atoms with Gasteiger partial charge in [-0.25, -0.2) is 4.39 Å². The Morgan fingerprint density at radius 2 is 2.37 bits per heavy atom. The summed E-state index contributed by atoms with van der Waals surface area (Å²) in [4.78, 5) is 0. The third kappa shape index (κ3) is 2.88. The summed E-state index contributed by atoms with van der Waals surface area (Å²) in [6.45, 7) is 2.80. The van der Waals surface area contributed by atoms with Crippen LogP contribution in [0.5, 0.6) is 5.75 Å². The Kier molecular flexibility index (Phi) is 4.74. The van der Waals surface area contributed by atoms with Gasteiger partial charge in [-0.3, -0.25) is 11.3 Å². The lowest BCUT2D eigenvalue weighted by Crippen LogP contribution is -2.37. The first-order valence-corrected chi connectivity index (χ1v) is 6.62. The normalized spacial score (nSPS) is 24.4. The molecule has 3 atom stereocenters. The van der Waals surface area contributed by atoms with Crippen molar-refractivity contribution >= 4 is 0 Å². The van der Waals surface area contributed by atoms with Crippen LogP contribution in [0.4, 0.5) is 4.39 Å². The molecule has 1 saturated heterocycles. The minimum atomic E-state index is -0.289. The molecule has 0 radical (unpaired) electrons. The summed E-state index contributed by atoms with van der Waals surface area (Å²) in [6.07, 6.45) is 1.97. The van der Waals surface area contributed by atoms with Crippen molar-refractivity contribution in [2.24, 2.45) is 11.8 Å². The fourth-order valence-corrected chi connectivity index (χ4v) is 2.86. The Morgan fingerprint density at radius 3 is 3.00 bits per heavy atom. The average Bonchev–Trinajstić information content (AvgIpc) is 2.88. The van der Waals surface area contributed by atoms with Gasteiger partial charge in [0.25, 0.3) is 0 Å². The van der Waals surface area contributed by atoms with Crippen LogP contribution in [0.25, 0.3) is 0 Å². The van der Waals surface area contributed by atoms with Gasteiger partial charge >= 0.3 is 0 Å². The zero-order chi connectivity index (χ0) is 13.8. The molecular formula is C14H21FN2O2. The maximum Gasteiger partial charge on any atom is 0.123 e. The zero-order valence-corrected chi connectivity index (χ0v) is 11.4. The number of ether oxygens (including phenoxy) is 2. The van der Waals surface area contributed by atoms with E-state index in [-0.39, 0.29) is 23.9 Å². The first kappa shape index (κ1) is 14.2. The van der Waals surface area contributed by atoms with Crippen LogP contribution in [0.1, 0.15) is 31.4 Å². The van der Waals surface area contributed by atoms with Crippen molar-refractivity contribution in [3.63, 3.8) is 0 Å². The molecular weight excluding hydrogens is 247 g/mol. The summed E-state index contributed by atoms with van der Waals surface area (Å²) in [6, 6.07) is 4.33. The quantitative estimate of drug-likeness (QED) is 0.634. The molecule has 0 amide bonds. The maximum absolute atomic E-state index is 13.5. The van der Waals surface area contributed by atoms with E-state index in [1.165, 1.54) is 12.1 Å². The molecule has 19 heavy (non-hydrogen) atoms. The molecule has 0 aromatic heterocycles. The van der Waals surface area contributed by atoms with Gasteiger partial charge in [0, 0.05) is 18.1 Å². The molecule has 1 aromatic rings. The van der Waals surface area contributed by atoms with Gasteiger partial charge < -0.3 is 9.47 Å². The van der Waals surface area contributed by atoms with E-state index in [1.807, 2.05) is 0 Å². The topological polar surface area (TPSA) is 56.5 Å². The van der Waals surface area contributed by atoms with Crippen LogP contribution >= 0.6 is 0 Å². The zero-order valence-electron chi connectivity index (χ0n) is 11.4. The third-order valence-corrected chi connectivity index (χ3v) is 3.80. The lowest BCUT2D eigenvalue weighted by molar-refractivity contribution is 0.0771. The number of benzene rings is 1. The molecule has 0 saturated carbocycles. The molecule has 1 heterocycles. The summed E-state index contributed by atoms with van der Waals surface area (Å²) >= 11 is 0. The number of rotatable bonds is 5. The van der Waals surface area contributed by atoms with Crippen molar-refractivity contribution in [2.75, 3.05) is 13.7 Å². The second kappa shape index (κ2) is 6.32. The van der Waals surface area contributed by atoms with Crippen molar-refractivity contribution in [1.29, 1.82) is 0 Å². The standard InChI is InChI=1S/C14H21FN2O2/c1-3-12-10(6-7-19-12)14(17-16)11-8-9(15)4-5-13(11)18-2/h4-5,8,10,12,14,17H,3,6-7,16H2,1-2H3. The molecule has 1 fully saturated rings. The molecule has 5 heteroatoms. The van der Waals surface area contributed by atoms with Crippen LogP contribution in [0.2, 0.25) is 0 Å². The van der Waals surface area contributed by atoms with Crippen LogP contribution in [0, 0.1) is 11.7 Å². The number of nitrogens with one attached hydrogen (secondary N) is 1. The lowest BCUT2D eigenvalue weighted by Gasteiger charge is -2.28. The fraction of sp³-hybridized carbons (Fsp3) is 0.571. The average molecular weight is 268 g/mol. The Hall–Kier alpha value is -1.17. The van der Waals surface area contributed by atoms with Gasteiger partial charge in [0.05, 0.1) is 19.3 Å². The molecule has 1 aliphatic heterocycles. The van der Waals surface area contributed by atoms with Crippen LogP contribution < -0.4 is 16.0 Å². The predicted molar refractivity (Wildman–Crippen MR) is 71.2 cm³/mol. The van der Waals surface area contributed by atoms with Crippen molar-refractivity contribution in [3.05, 3.63) is 29.6 Å². The summed E-state index contributed by atoms with van der Waals surface area (Å²) < 4.78 is 24.5. The monoisotopic (exact) mass is 268 g/mol. The fourth-order valence-electron chi connectivity index (χ4n) is 2.86. The van der Waals surface area contributed by atoms with Gasteiger partial charge in [0.2, 0.25) is 0 Å². The van der Waals surface area contributed by atoms with Crippen LogP contribution in [0.15, 0.2) is 18.2 Å². The predicted octanol–water partition coefficient (Wildman–Crippen LogP) is 2.15.